The Morgan fingerprint density at radius 3 is 2.76 bits per heavy atom. The molecule has 0 unspecified atom stereocenters. The molecule has 0 atom stereocenters. The molecule has 1 amide bonds. The number of nitrogens with zero attached hydrogens (tertiary/aromatic N) is 1. The van der Waals surface area contributed by atoms with Crippen LogP contribution in [0, 0.1) is 0 Å². The number of fused-ring (bicyclic) bond motifs is 1. The summed E-state index contributed by atoms with van der Waals surface area (Å²) in [6.07, 6.45) is 0.143. The summed E-state index contributed by atoms with van der Waals surface area (Å²) in [4.78, 5) is 12.1. The molecule has 6 nitrogen and oxygen atoms in total. The molecule has 1 N–H and O–H groups in total. The van der Waals surface area contributed by atoms with Crippen molar-refractivity contribution in [2.45, 2.75) is 13.0 Å². The Kier molecular flexibility index (Phi) is 4.08. The van der Waals surface area contributed by atoms with Crippen molar-refractivity contribution >= 4 is 5.91 Å². The first-order valence-corrected chi connectivity index (χ1v) is 7.94. The van der Waals surface area contributed by atoms with E-state index in [4.69, 9.17) is 14.0 Å². The molecule has 1 aromatic heterocycles. The monoisotopic (exact) mass is 336 g/mol. The maximum Gasteiger partial charge on any atom is 0.231 e. The number of amides is 1. The van der Waals surface area contributed by atoms with Crippen molar-refractivity contribution in [3.63, 3.8) is 0 Å². The van der Waals surface area contributed by atoms with Crippen molar-refractivity contribution in [2.24, 2.45) is 0 Å². The molecule has 0 saturated carbocycles. The minimum absolute atomic E-state index is 0.131. The van der Waals surface area contributed by atoms with Gasteiger partial charge < -0.3 is 19.3 Å². The predicted octanol–water partition coefficient (Wildman–Crippen LogP) is 2.93. The average Bonchev–Trinajstić information content (AvgIpc) is 3.29. The minimum atomic E-state index is -0.131. The Hall–Kier alpha value is -3.28. The molecule has 3 aromatic rings. The quantitative estimate of drug-likeness (QED) is 0.775. The van der Waals surface area contributed by atoms with Gasteiger partial charge in [0.15, 0.2) is 11.5 Å². The topological polar surface area (TPSA) is 73.6 Å². The fourth-order valence-corrected chi connectivity index (χ4v) is 2.61. The standard InChI is InChI=1S/C19H16N2O4/c22-19(20-11-13-6-7-17-18(8-13)24-12-23-17)10-15-9-16(21-25-15)14-4-2-1-3-5-14/h1-9H,10-12H2,(H,20,22). The van der Waals surface area contributed by atoms with Gasteiger partial charge in [-0.2, -0.15) is 0 Å². The summed E-state index contributed by atoms with van der Waals surface area (Å²) in [6.45, 7) is 0.648. The van der Waals surface area contributed by atoms with E-state index in [0.29, 0.717) is 18.1 Å². The average molecular weight is 336 g/mol. The normalized spacial score (nSPS) is 12.2. The summed E-state index contributed by atoms with van der Waals surface area (Å²) in [6, 6.07) is 17.1. The first kappa shape index (κ1) is 15.3. The molecule has 0 spiro atoms. The molecule has 1 aliphatic rings. The van der Waals surface area contributed by atoms with E-state index in [0.717, 1.165) is 22.6 Å². The molecule has 0 aliphatic carbocycles. The molecule has 0 radical (unpaired) electrons. The maximum absolute atomic E-state index is 12.1. The predicted molar refractivity (Wildman–Crippen MR) is 90.1 cm³/mol. The lowest BCUT2D eigenvalue weighted by molar-refractivity contribution is -0.120. The third-order valence-corrected chi connectivity index (χ3v) is 3.89. The van der Waals surface area contributed by atoms with Crippen LogP contribution in [-0.4, -0.2) is 17.9 Å². The smallest absolute Gasteiger partial charge is 0.231 e. The van der Waals surface area contributed by atoms with Crippen LogP contribution in [-0.2, 0) is 17.8 Å². The van der Waals surface area contributed by atoms with Gasteiger partial charge in [-0.1, -0.05) is 41.6 Å². The number of hydrogen-bond donors (Lipinski definition) is 1. The highest BCUT2D eigenvalue weighted by Gasteiger charge is 2.14. The zero-order valence-electron chi connectivity index (χ0n) is 13.4. The number of aromatic nitrogens is 1. The first-order valence-electron chi connectivity index (χ1n) is 7.94. The Morgan fingerprint density at radius 2 is 1.88 bits per heavy atom. The number of rotatable bonds is 5. The van der Waals surface area contributed by atoms with E-state index in [1.807, 2.05) is 48.5 Å². The van der Waals surface area contributed by atoms with Crippen molar-refractivity contribution in [2.75, 3.05) is 6.79 Å². The molecule has 0 fully saturated rings. The third kappa shape index (κ3) is 3.47. The highest BCUT2D eigenvalue weighted by molar-refractivity contribution is 5.78. The van der Waals surface area contributed by atoms with Gasteiger partial charge in [-0.05, 0) is 17.7 Å². The van der Waals surface area contributed by atoms with E-state index < -0.39 is 0 Å². The summed E-state index contributed by atoms with van der Waals surface area (Å²) in [5.74, 6) is 1.83. The second-order valence-electron chi connectivity index (χ2n) is 5.69. The molecule has 25 heavy (non-hydrogen) atoms. The van der Waals surface area contributed by atoms with Crippen LogP contribution in [0.5, 0.6) is 11.5 Å². The van der Waals surface area contributed by atoms with Crippen LogP contribution in [0.25, 0.3) is 11.3 Å². The molecule has 4 rings (SSSR count). The van der Waals surface area contributed by atoms with E-state index >= 15 is 0 Å². The second kappa shape index (κ2) is 6.68. The van der Waals surface area contributed by atoms with Crippen molar-refractivity contribution in [3.05, 3.63) is 65.9 Å². The van der Waals surface area contributed by atoms with E-state index in [-0.39, 0.29) is 19.1 Å². The number of hydrogen-bond acceptors (Lipinski definition) is 5. The Balaban J connectivity index is 1.34. The zero-order valence-corrected chi connectivity index (χ0v) is 13.4. The van der Waals surface area contributed by atoms with E-state index in [1.54, 1.807) is 6.07 Å². The Labute approximate surface area is 144 Å². The fourth-order valence-electron chi connectivity index (χ4n) is 2.61. The Bertz CT molecular complexity index is 889. The third-order valence-electron chi connectivity index (χ3n) is 3.89. The highest BCUT2D eigenvalue weighted by Crippen LogP contribution is 2.32. The largest absolute Gasteiger partial charge is 0.454 e. The SMILES string of the molecule is O=C(Cc1cc(-c2ccccc2)no1)NCc1ccc2c(c1)OCO2. The van der Waals surface area contributed by atoms with Crippen LogP contribution < -0.4 is 14.8 Å². The van der Waals surface area contributed by atoms with Gasteiger partial charge in [-0.3, -0.25) is 4.79 Å². The molecule has 2 aromatic carbocycles. The molecular weight excluding hydrogens is 320 g/mol. The molecule has 2 heterocycles. The Morgan fingerprint density at radius 1 is 1.04 bits per heavy atom. The van der Waals surface area contributed by atoms with Gasteiger partial charge in [0, 0.05) is 18.2 Å². The van der Waals surface area contributed by atoms with Gasteiger partial charge in [0.1, 0.15) is 11.5 Å². The van der Waals surface area contributed by atoms with Gasteiger partial charge in [-0.25, -0.2) is 0 Å². The molecule has 0 saturated heterocycles. The molecule has 6 heteroatoms. The first-order chi connectivity index (χ1) is 12.3. The zero-order chi connectivity index (χ0) is 17.1. The fraction of sp³-hybridized carbons (Fsp3) is 0.158. The summed E-state index contributed by atoms with van der Waals surface area (Å²) >= 11 is 0. The van der Waals surface area contributed by atoms with Crippen molar-refractivity contribution in [1.82, 2.24) is 10.5 Å². The second-order valence-corrected chi connectivity index (χ2v) is 5.69. The van der Waals surface area contributed by atoms with Crippen molar-refractivity contribution in [1.29, 1.82) is 0 Å². The van der Waals surface area contributed by atoms with E-state index in [2.05, 4.69) is 10.5 Å². The summed E-state index contributed by atoms with van der Waals surface area (Å²) in [5, 5.41) is 6.88. The number of ether oxygens (including phenoxy) is 2. The van der Waals surface area contributed by atoms with E-state index in [9.17, 15) is 4.79 Å². The van der Waals surface area contributed by atoms with Crippen molar-refractivity contribution in [3.8, 4) is 22.8 Å². The lowest BCUT2D eigenvalue weighted by Crippen LogP contribution is -2.24. The van der Waals surface area contributed by atoms with E-state index in [1.165, 1.54) is 0 Å². The maximum atomic E-state index is 12.1. The molecule has 0 bridgehead atoms. The van der Waals surface area contributed by atoms with Crippen LogP contribution in [0.1, 0.15) is 11.3 Å². The lowest BCUT2D eigenvalue weighted by Gasteiger charge is -2.05. The molecular formula is C19H16N2O4. The van der Waals surface area contributed by atoms with Crippen LogP contribution in [0.15, 0.2) is 59.1 Å². The highest BCUT2D eigenvalue weighted by atomic mass is 16.7. The number of nitrogens with one attached hydrogen (secondary N) is 1. The number of carbonyl (C=O) groups excluding carboxylic acids is 1. The van der Waals surface area contributed by atoms with Crippen LogP contribution in [0.2, 0.25) is 0 Å². The number of benzene rings is 2. The summed E-state index contributed by atoms with van der Waals surface area (Å²) < 4.78 is 15.9. The van der Waals surface area contributed by atoms with Crippen LogP contribution in [0.4, 0.5) is 0 Å². The summed E-state index contributed by atoms with van der Waals surface area (Å²) in [7, 11) is 0. The van der Waals surface area contributed by atoms with Crippen LogP contribution in [0.3, 0.4) is 0 Å². The van der Waals surface area contributed by atoms with Gasteiger partial charge in [0.2, 0.25) is 12.7 Å². The minimum Gasteiger partial charge on any atom is -0.454 e. The van der Waals surface area contributed by atoms with Gasteiger partial charge in [0.25, 0.3) is 0 Å². The molecule has 1 aliphatic heterocycles. The lowest BCUT2D eigenvalue weighted by atomic mass is 10.1. The summed E-state index contributed by atoms with van der Waals surface area (Å²) in [5.41, 5.74) is 2.62. The molecule has 126 valence electrons. The number of carbonyl (C=O) groups is 1. The van der Waals surface area contributed by atoms with Gasteiger partial charge in [-0.15, -0.1) is 0 Å². The van der Waals surface area contributed by atoms with Crippen molar-refractivity contribution < 1.29 is 18.8 Å². The van der Waals surface area contributed by atoms with Gasteiger partial charge in [0.05, 0.1) is 6.42 Å². The van der Waals surface area contributed by atoms with Crippen LogP contribution >= 0.6 is 0 Å². The van der Waals surface area contributed by atoms with Gasteiger partial charge >= 0.3 is 0 Å².